The standard InChI is InChI=1S/C46H54N2O6/c1-33(17-15-27-35-19-7-3-8-20-35)29-47(31-37-23-11-5-12-24-37)43(49)39-41(45(51)52)40(42(39)46(53)54)44(50)48(32-38-25-13-6-14-26-38)30-34(2)18-16-28-36-21-9-4-10-22-36/h3-14,19-26,33-34,39-42H,15-18,27-32H2,1-2H3,(H,51,52)(H,53,54). The van der Waals surface area contributed by atoms with E-state index in [1.807, 2.05) is 97.1 Å². The van der Waals surface area contributed by atoms with Crippen LogP contribution < -0.4 is 0 Å². The predicted octanol–water partition coefficient (Wildman–Crippen LogP) is 8.01. The number of nitrogens with zero attached hydrogens (tertiary/aromatic N) is 2. The minimum Gasteiger partial charge on any atom is -0.481 e. The lowest BCUT2D eigenvalue weighted by molar-refractivity contribution is -0.188. The number of aryl methyl sites for hydroxylation is 2. The van der Waals surface area contributed by atoms with Crippen molar-refractivity contribution in [1.82, 2.24) is 9.80 Å². The fourth-order valence-corrected chi connectivity index (χ4v) is 8.00. The van der Waals surface area contributed by atoms with Crippen molar-refractivity contribution in [3.8, 4) is 0 Å². The average Bonchev–Trinajstić information content (AvgIpc) is 3.15. The zero-order valence-corrected chi connectivity index (χ0v) is 31.5. The van der Waals surface area contributed by atoms with Gasteiger partial charge in [-0.25, -0.2) is 0 Å². The second kappa shape index (κ2) is 19.7. The van der Waals surface area contributed by atoms with Crippen molar-refractivity contribution >= 4 is 23.8 Å². The van der Waals surface area contributed by atoms with Crippen LogP contribution in [0.5, 0.6) is 0 Å². The van der Waals surface area contributed by atoms with Crippen molar-refractivity contribution in [1.29, 1.82) is 0 Å². The van der Waals surface area contributed by atoms with Crippen LogP contribution in [0.4, 0.5) is 0 Å². The maximum Gasteiger partial charge on any atom is 0.308 e. The van der Waals surface area contributed by atoms with Crippen LogP contribution in [0, 0.1) is 35.5 Å². The molecule has 0 aromatic heterocycles. The van der Waals surface area contributed by atoms with Crippen LogP contribution in [0.25, 0.3) is 0 Å². The van der Waals surface area contributed by atoms with Gasteiger partial charge in [-0.15, -0.1) is 0 Å². The molecule has 54 heavy (non-hydrogen) atoms. The van der Waals surface area contributed by atoms with Gasteiger partial charge < -0.3 is 20.0 Å². The SMILES string of the molecule is CC(CCCc1ccccc1)CN(Cc1ccccc1)C(=O)C1C(C(=O)O)C(C(=O)N(Cc2ccccc2)CC(C)CCCc2ccccc2)C1C(=O)O. The number of benzene rings is 4. The molecule has 1 aliphatic carbocycles. The number of amides is 2. The van der Waals surface area contributed by atoms with E-state index in [0.717, 1.165) is 49.7 Å². The molecule has 5 rings (SSSR count). The Morgan fingerprint density at radius 1 is 0.481 bits per heavy atom. The van der Waals surface area contributed by atoms with E-state index in [2.05, 4.69) is 38.1 Å². The monoisotopic (exact) mass is 730 g/mol. The van der Waals surface area contributed by atoms with Gasteiger partial charge in [-0.3, -0.25) is 19.2 Å². The largest absolute Gasteiger partial charge is 0.481 e. The van der Waals surface area contributed by atoms with Crippen LogP contribution in [-0.2, 0) is 45.1 Å². The van der Waals surface area contributed by atoms with Gasteiger partial charge in [-0.1, -0.05) is 135 Å². The minimum atomic E-state index is -1.45. The lowest BCUT2D eigenvalue weighted by Crippen LogP contribution is -2.64. The highest BCUT2D eigenvalue weighted by Crippen LogP contribution is 2.49. The molecule has 1 aliphatic rings. The number of rotatable bonds is 20. The van der Waals surface area contributed by atoms with Crippen molar-refractivity contribution in [3.05, 3.63) is 144 Å². The number of hydrogen-bond acceptors (Lipinski definition) is 4. The molecule has 1 saturated carbocycles. The fraction of sp³-hybridized carbons (Fsp3) is 0.391. The summed E-state index contributed by atoms with van der Waals surface area (Å²) in [4.78, 5) is 58.3. The molecule has 2 unspecified atom stereocenters. The van der Waals surface area contributed by atoms with Gasteiger partial charge in [0.2, 0.25) is 11.8 Å². The molecule has 0 spiro atoms. The Morgan fingerprint density at radius 3 is 1.07 bits per heavy atom. The van der Waals surface area contributed by atoms with Gasteiger partial charge >= 0.3 is 11.9 Å². The third-order valence-corrected chi connectivity index (χ3v) is 10.8. The molecule has 1 fully saturated rings. The Balaban J connectivity index is 1.34. The van der Waals surface area contributed by atoms with E-state index in [0.29, 0.717) is 13.1 Å². The Hall–Kier alpha value is -5.24. The molecule has 0 aliphatic heterocycles. The van der Waals surface area contributed by atoms with Gasteiger partial charge in [0.15, 0.2) is 0 Å². The molecule has 8 nitrogen and oxygen atoms in total. The lowest BCUT2D eigenvalue weighted by atomic mass is 9.55. The summed E-state index contributed by atoms with van der Waals surface area (Å²) in [7, 11) is 0. The Labute approximate surface area is 319 Å². The summed E-state index contributed by atoms with van der Waals surface area (Å²) < 4.78 is 0. The highest BCUT2D eigenvalue weighted by Gasteiger charge is 2.65. The topological polar surface area (TPSA) is 115 Å². The van der Waals surface area contributed by atoms with Crippen molar-refractivity contribution in [3.63, 3.8) is 0 Å². The van der Waals surface area contributed by atoms with Gasteiger partial charge in [0.1, 0.15) is 0 Å². The summed E-state index contributed by atoms with van der Waals surface area (Å²) in [5, 5.41) is 21.2. The van der Waals surface area contributed by atoms with Gasteiger partial charge in [0, 0.05) is 26.2 Å². The zero-order chi connectivity index (χ0) is 38.5. The second-order valence-electron chi connectivity index (χ2n) is 15.2. The van der Waals surface area contributed by atoms with Crippen molar-refractivity contribution in [2.75, 3.05) is 13.1 Å². The molecule has 0 bridgehead atoms. The van der Waals surface area contributed by atoms with Gasteiger partial charge in [0.05, 0.1) is 23.7 Å². The molecule has 2 N–H and O–H groups in total. The van der Waals surface area contributed by atoms with E-state index < -0.39 is 47.4 Å². The van der Waals surface area contributed by atoms with Crippen molar-refractivity contribution in [2.24, 2.45) is 35.5 Å². The summed E-state index contributed by atoms with van der Waals surface area (Å²) in [5.74, 6) is -9.18. The number of carbonyl (C=O) groups is 4. The highest BCUT2D eigenvalue weighted by molar-refractivity contribution is 5.99. The van der Waals surface area contributed by atoms with E-state index in [1.165, 1.54) is 11.1 Å². The first kappa shape index (κ1) is 40.0. The predicted molar refractivity (Wildman–Crippen MR) is 210 cm³/mol. The lowest BCUT2D eigenvalue weighted by Gasteiger charge is -2.48. The fourth-order valence-electron chi connectivity index (χ4n) is 8.00. The summed E-state index contributed by atoms with van der Waals surface area (Å²) in [6.07, 6.45) is 5.30. The molecular weight excluding hydrogens is 677 g/mol. The number of carboxylic acids is 2. The first-order valence-corrected chi connectivity index (χ1v) is 19.3. The maximum absolute atomic E-state index is 14.5. The molecule has 0 heterocycles. The van der Waals surface area contributed by atoms with Gasteiger partial charge in [0.25, 0.3) is 0 Å². The Bertz CT molecular complexity index is 1640. The number of hydrogen-bond donors (Lipinski definition) is 2. The molecule has 2 atom stereocenters. The second-order valence-corrected chi connectivity index (χ2v) is 15.2. The van der Waals surface area contributed by atoms with E-state index in [4.69, 9.17) is 0 Å². The van der Waals surface area contributed by atoms with Crippen LogP contribution >= 0.6 is 0 Å². The van der Waals surface area contributed by atoms with Gasteiger partial charge in [-0.2, -0.15) is 0 Å². The molecular formula is C46H54N2O6. The number of aliphatic carboxylic acids is 2. The Morgan fingerprint density at radius 2 is 0.778 bits per heavy atom. The molecule has 0 radical (unpaired) electrons. The van der Waals surface area contributed by atoms with E-state index >= 15 is 0 Å². The summed E-state index contributed by atoms with van der Waals surface area (Å²) >= 11 is 0. The van der Waals surface area contributed by atoms with E-state index in [9.17, 15) is 29.4 Å². The molecule has 284 valence electrons. The molecule has 2 amide bonds. The third kappa shape index (κ3) is 10.9. The van der Waals surface area contributed by atoms with Crippen LogP contribution in [0.2, 0.25) is 0 Å². The Kier molecular flexibility index (Phi) is 14.6. The zero-order valence-electron chi connectivity index (χ0n) is 31.5. The summed E-state index contributed by atoms with van der Waals surface area (Å²) in [6, 6.07) is 39.3. The van der Waals surface area contributed by atoms with E-state index in [1.54, 1.807) is 9.80 Å². The number of carboxylic acid groups (broad SMARTS) is 2. The molecule has 8 heteroatoms. The third-order valence-electron chi connectivity index (χ3n) is 10.8. The molecule has 4 aromatic rings. The van der Waals surface area contributed by atoms with Crippen LogP contribution in [0.15, 0.2) is 121 Å². The summed E-state index contributed by atoms with van der Waals surface area (Å²) in [6.45, 7) is 5.26. The highest BCUT2D eigenvalue weighted by atomic mass is 16.4. The summed E-state index contributed by atoms with van der Waals surface area (Å²) in [5.41, 5.74) is 4.21. The minimum absolute atomic E-state index is 0.0789. The first-order valence-electron chi connectivity index (χ1n) is 19.3. The van der Waals surface area contributed by atoms with Crippen LogP contribution in [0.3, 0.4) is 0 Å². The van der Waals surface area contributed by atoms with E-state index in [-0.39, 0.29) is 24.9 Å². The van der Waals surface area contributed by atoms with Crippen LogP contribution in [-0.4, -0.2) is 56.9 Å². The van der Waals surface area contributed by atoms with Crippen molar-refractivity contribution in [2.45, 2.75) is 65.5 Å². The maximum atomic E-state index is 14.5. The first-order chi connectivity index (χ1) is 26.1. The van der Waals surface area contributed by atoms with Gasteiger partial charge in [-0.05, 0) is 72.6 Å². The van der Waals surface area contributed by atoms with Crippen molar-refractivity contribution < 1.29 is 29.4 Å². The number of carbonyl (C=O) groups excluding carboxylic acids is 2. The molecule has 0 saturated heterocycles. The molecule has 4 aromatic carbocycles. The normalized spacial score (nSPS) is 18.9. The smallest absolute Gasteiger partial charge is 0.308 e. The average molecular weight is 731 g/mol. The quantitative estimate of drug-likeness (QED) is 0.0953. The van der Waals surface area contributed by atoms with Crippen LogP contribution in [0.1, 0.15) is 61.8 Å².